The number of hydrogen-bond acceptors (Lipinski definition) is 3. The molecule has 2 amide bonds. The number of rotatable bonds is 4. The zero-order chi connectivity index (χ0) is 12.3. The molecule has 0 spiro atoms. The van der Waals surface area contributed by atoms with Gasteiger partial charge in [0.15, 0.2) is 0 Å². The third-order valence-corrected chi connectivity index (χ3v) is 3.93. The molecule has 0 aromatic heterocycles. The van der Waals surface area contributed by atoms with Crippen molar-refractivity contribution in [3.05, 3.63) is 0 Å². The van der Waals surface area contributed by atoms with E-state index in [1.807, 2.05) is 4.90 Å². The highest BCUT2D eigenvalue weighted by Gasteiger charge is 2.27. The lowest BCUT2D eigenvalue weighted by atomic mass is 9.92. The second kappa shape index (κ2) is 5.69. The number of aliphatic hydroxyl groups excluding tert-OH is 1. The van der Waals surface area contributed by atoms with Crippen molar-refractivity contribution in [2.75, 3.05) is 39.3 Å². The molecule has 0 radical (unpaired) electrons. The minimum Gasteiger partial charge on any atom is -0.393 e. The van der Waals surface area contributed by atoms with E-state index in [0.29, 0.717) is 5.92 Å². The van der Waals surface area contributed by atoms with Crippen molar-refractivity contribution >= 4 is 6.03 Å². The molecule has 0 bridgehead atoms. The molecule has 0 aromatic carbocycles. The predicted octanol–water partition coefficient (Wildman–Crippen LogP) is 0.104. The van der Waals surface area contributed by atoms with Crippen LogP contribution in [-0.4, -0.2) is 66.3 Å². The van der Waals surface area contributed by atoms with Crippen LogP contribution >= 0.6 is 0 Å². The maximum Gasteiger partial charge on any atom is 0.317 e. The molecule has 2 fully saturated rings. The Morgan fingerprint density at radius 1 is 1.41 bits per heavy atom. The van der Waals surface area contributed by atoms with E-state index in [1.165, 1.54) is 0 Å². The molecule has 2 rings (SSSR count). The van der Waals surface area contributed by atoms with Gasteiger partial charge in [0.1, 0.15) is 0 Å². The minimum absolute atomic E-state index is 0.0640. The van der Waals surface area contributed by atoms with Crippen molar-refractivity contribution in [1.82, 2.24) is 15.1 Å². The van der Waals surface area contributed by atoms with Gasteiger partial charge in [0, 0.05) is 39.3 Å². The number of aliphatic hydroxyl groups is 1. The fraction of sp³-hybridized carbons (Fsp3) is 0.917. The number of nitrogens with one attached hydrogen (secondary N) is 1. The first kappa shape index (κ1) is 12.6. The van der Waals surface area contributed by atoms with Crippen molar-refractivity contribution in [1.29, 1.82) is 0 Å². The Morgan fingerprint density at radius 2 is 2.24 bits per heavy atom. The predicted molar refractivity (Wildman–Crippen MR) is 65.8 cm³/mol. The molecule has 2 aliphatic heterocycles. The van der Waals surface area contributed by atoms with E-state index >= 15 is 0 Å². The lowest BCUT2D eigenvalue weighted by Gasteiger charge is -2.36. The number of hydrogen-bond donors (Lipinski definition) is 2. The molecular formula is C12H23N3O2. The van der Waals surface area contributed by atoms with Crippen LogP contribution in [0.3, 0.4) is 0 Å². The molecular weight excluding hydrogens is 218 g/mol. The van der Waals surface area contributed by atoms with Crippen LogP contribution in [-0.2, 0) is 0 Å². The number of amides is 2. The van der Waals surface area contributed by atoms with Gasteiger partial charge < -0.3 is 20.2 Å². The van der Waals surface area contributed by atoms with Crippen LogP contribution in [0.1, 0.15) is 19.8 Å². The first-order chi connectivity index (χ1) is 8.20. The average molecular weight is 241 g/mol. The standard InChI is InChI=1S/C12H23N3O2/c1-2-10-9-14(5-3-11(10)16)7-8-15-6-4-13-12(15)17/h10-11,16H,2-9H2,1H3,(H,13,17). The van der Waals surface area contributed by atoms with Crippen LogP contribution in [0.5, 0.6) is 0 Å². The van der Waals surface area contributed by atoms with Crippen LogP contribution in [0.15, 0.2) is 0 Å². The molecule has 5 heteroatoms. The fourth-order valence-electron chi connectivity index (χ4n) is 2.69. The van der Waals surface area contributed by atoms with E-state index in [-0.39, 0.29) is 12.1 Å². The Kier molecular flexibility index (Phi) is 4.23. The number of piperidine rings is 1. The molecule has 2 saturated heterocycles. The first-order valence-corrected chi connectivity index (χ1v) is 6.64. The third-order valence-electron chi connectivity index (χ3n) is 3.93. The zero-order valence-corrected chi connectivity index (χ0v) is 10.6. The van der Waals surface area contributed by atoms with Gasteiger partial charge in [-0.1, -0.05) is 6.92 Å². The SMILES string of the molecule is CCC1CN(CCN2CCNC2=O)CCC1O. The van der Waals surface area contributed by atoms with Gasteiger partial charge in [-0.15, -0.1) is 0 Å². The second-order valence-electron chi connectivity index (χ2n) is 5.04. The number of carbonyl (C=O) groups is 1. The quantitative estimate of drug-likeness (QED) is 0.734. The van der Waals surface area contributed by atoms with Gasteiger partial charge >= 0.3 is 6.03 Å². The topological polar surface area (TPSA) is 55.8 Å². The summed E-state index contributed by atoms with van der Waals surface area (Å²) >= 11 is 0. The van der Waals surface area contributed by atoms with Crippen LogP contribution in [0.2, 0.25) is 0 Å². The van der Waals surface area contributed by atoms with E-state index < -0.39 is 0 Å². The van der Waals surface area contributed by atoms with Gasteiger partial charge in [-0.2, -0.15) is 0 Å². The van der Waals surface area contributed by atoms with Gasteiger partial charge in [-0.05, 0) is 18.8 Å². The smallest absolute Gasteiger partial charge is 0.317 e. The molecule has 2 heterocycles. The van der Waals surface area contributed by atoms with Gasteiger partial charge in [-0.25, -0.2) is 4.79 Å². The molecule has 2 N–H and O–H groups in total. The molecule has 0 aromatic rings. The summed E-state index contributed by atoms with van der Waals surface area (Å²) in [6, 6.07) is 0.0640. The van der Waals surface area contributed by atoms with E-state index in [1.54, 1.807) is 0 Å². The van der Waals surface area contributed by atoms with Gasteiger partial charge in [-0.3, -0.25) is 0 Å². The van der Waals surface area contributed by atoms with Crippen LogP contribution in [0, 0.1) is 5.92 Å². The normalized spacial score (nSPS) is 30.7. The average Bonchev–Trinajstić information content (AvgIpc) is 2.74. The summed E-state index contributed by atoms with van der Waals surface area (Å²) in [5, 5.41) is 12.6. The lowest BCUT2D eigenvalue weighted by molar-refractivity contribution is 0.0235. The Morgan fingerprint density at radius 3 is 2.88 bits per heavy atom. The maximum absolute atomic E-state index is 11.4. The Bertz CT molecular complexity index is 272. The van der Waals surface area contributed by atoms with E-state index in [0.717, 1.165) is 52.1 Å². The van der Waals surface area contributed by atoms with Crippen molar-refractivity contribution in [3.8, 4) is 0 Å². The molecule has 2 atom stereocenters. The summed E-state index contributed by atoms with van der Waals surface area (Å²) in [7, 11) is 0. The van der Waals surface area contributed by atoms with Crippen molar-refractivity contribution in [2.45, 2.75) is 25.9 Å². The Balaban J connectivity index is 1.74. The highest BCUT2D eigenvalue weighted by molar-refractivity contribution is 5.76. The van der Waals surface area contributed by atoms with E-state index in [2.05, 4.69) is 17.1 Å². The number of nitrogens with zero attached hydrogens (tertiary/aromatic N) is 2. The first-order valence-electron chi connectivity index (χ1n) is 6.64. The third kappa shape index (κ3) is 3.10. The van der Waals surface area contributed by atoms with Crippen LogP contribution < -0.4 is 5.32 Å². The van der Waals surface area contributed by atoms with Crippen molar-refractivity contribution < 1.29 is 9.90 Å². The van der Waals surface area contributed by atoms with Crippen molar-refractivity contribution in [3.63, 3.8) is 0 Å². The monoisotopic (exact) mass is 241 g/mol. The fourth-order valence-corrected chi connectivity index (χ4v) is 2.69. The zero-order valence-electron chi connectivity index (χ0n) is 10.6. The summed E-state index contributed by atoms with van der Waals surface area (Å²) in [4.78, 5) is 15.6. The largest absolute Gasteiger partial charge is 0.393 e. The summed E-state index contributed by atoms with van der Waals surface area (Å²) in [6.07, 6.45) is 1.76. The number of urea groups is 1. The Labute approximate surface area is 103 Å². The molecule has 2 aliphatic rings. The molecule has 2 unspecified atom stereocenters. The van der Waals surface area contributed by atoms with Gasteiger partial charge in [0.2, 0.25) is 0 Å². The summed E-state index contributed by atoms with van der Waals surface area (Å²) in [5.74, 6) is 0.399. The highest BCUT2D eigenvalue weighted by Crippen LogP contribution is 2.19. The number of likely N-dealkylation sites (tertiary alicyclic amines) is 1. The molecule has 5 nitrogen and oxygen atoms in total. The lowest BCUT2D eigenvalue weighted by Crippen LogP contribution is -2.46. The molecule has 17 heavy (non-hydrogen) atoms. The molecule has 98 valence electrons. The Hall–Kier alpha value is -0.810. The van der Waals surface area contributed by atoms with Crippen LogP contribution in [0.4, 0.5) is 4.79 Å². The van der Waals surface area contributed by atoms with E-state index in [4.69, 9.17) is 0 Å². The van der Waals surface area contributed by atoms with Gasteiger partial charge in [0.05, 0.1) is 6.10 Å². The molecule has 0 saturated carbocycles. The minimum atomic E-state index is -0.133. The number of carbonyl (C=O) groups excluding carboxylic acids is 1. The maximum atomic E-state index is 11.4. The van der Waals surface area contributed by atoms with Crippen molar-refractivity contribution in [2.24, 2.45) is 5.92 Å². The van der Waals surface area contributed by atoms with Crippen LogP contribution in [0.25, 0.3) is 0 Å². The highest BCUT2D eigenvalue weighted by atomic mass is 16.3. The van der Waals surface area contributed by atoms with Gasteiger partial charge in [0.25, 0.3) is 0 Å². The summed E-state index contributed by atoms with van der Waals surface area (Å²) < 4.78 is 0. The second-order valence-corrected chi connectivity index (χ2v) is 5.04. The molecule has 0 aliphatic carbocycles. The summed E-state index contributed by atoms with van der Waals surface area (Å²) in [5.41, 5.74) is 0. The summed E-state index contributed by atoms with van der Waals surface area (Å²) in [6.45, 7) is 7.38. The van der Waals surface area contributed by atoms with E-state index in [9.17, 15) is 9.90 Å².